The molecule has 0 saturated carbocycles. The third kappa shape index (κ3) is 3.80. The number of hydrogen-bond acceptors (Lipinski definition) is 3. The van der Waals surface area contributed by atoms with Gasteiger partial charge in [0, 0.05) is 12.0 Å². The van der Waals surface area contributed by atoms with Crippen molar-refractivity contribution in [1.82, 2.24) is 5.43 Å². The molecule has 1 aromatic rings. The summed E-state index contributed by atoms with van der Waals surface area (Å²) in [7, 11) is 0. The van der Waals surface area contributed by atoms with Gasteiger partial charge in [0.05, 0.1) is 12.7 Å². The maximum atomic E-state index is 5.67. The molecule has 18 heavy (non-hydrogen) atoms. The maximum absolute atomic E-state index is 5.67. The van der Waals surface area contributed by atoms with Gasteiger partial charge >= 0.3 is 0 Å². The zero-order valence-electron chi connectivity index (χ0n) is 11.1. The van der Waals surface area contributed by atoms with Gasteiger partial charge in [-0.3, -0.25) is 11.3 Å². The van der Waals surface area contributed by atoms with E-state index in [0.717, 1.165) is 25.9 Å². The molecule has 3 unspecified atom stereocenters. The van der Waals surface area contributed by atoms with Gasteiger partial charge in [-0.2, -0.15) is 0 Å². The van der Waals surface area contributed by atoms with Crippen LogP contribution < -0.4 is 11.3 Å². The van der Waals surface area contributed by atoms with E-state index in [2.05, 4.69) is 42.7 Å². The molecule has 0 spiro atoms. The Kier molecular flexibility index (Phi) is 5.17. The summed E-state index contributed by atoms with van der Waals surface area (Å²) in [6, 6.07) is 11.0. The lowest BCUT2D eigenvalue weighted by Crippen LogP contribution is -2.41. The largest absolute Gasteiger partial charge is 0.378 e. The summed E-state index contributed by atoms with van der Waals surface area (Å²) in [4.78, 5) is 0. The van der Waals surface area contributed by atoms with Crippen LogP contribution >= 0.6 is 0 Å². The number of rotatable bonds is 6. The van der Waals surface area contributed by atoms with E-state index in [1.807, 2.05) is 0 Å². The molecule has 1 aliphatic heterocycles. The average molecular weight is 248 g/mol. The second-order valence-electron chi connectivity index (χ2n) is 5.29. The van der Waals surface area contributed by atoms with Crippen molar-refractivity contribution in [2.45, 2.75) is 44.8 Å². The number of aryl methyl sites for hydroxylation is 1. The van der Waals surface area contributed by atoms with E-state index in [1.54, 1.807) is 0 Å². The van der Waals surface area contributed by atoms with Gasteiger partial charge in [0.2, 0.25) is 0 Å². The van der Waals surface area contributed by atoms with Crippen LogP contribution in [-0.4, -0.2) is 18.8 Å². The van der Waals surface area contributed by atoms with E-state index >= 15 is 0 Å². The summed E-state index contributed by atoms with van der Waals surface area (Å²) in [5.74, 6) is 6.24. The summed E-state index contributed by atoms with van der Waals surface area (Å²) in [6.07, 6.45) is 4.93. The van der Waals surface area contributed by atoms with E-state index in [0.29, 0.717) is 18.1 Å². The standard InChI is InChI=1S/C15H24N2O/c1-12-10-14(11-18-12)15(17-16)9-5-8-13-6-3-2-4-7-13/h2-4,6-7,12,14-15,17H,5,8-11,16H2,1H3. The maximum Gasteiger partial charge on any atom is 0.0551 e. The zero-order chi connectivity index (χ0) is 12.8. The lowest BCUT2D eigenvalue weighted by molar-refractivity contribution is 0.116. The predicted molar refractivity (Wildman–Crippen MR) is 74.0 cm³/mol. The lowest BCUT2D eigenvalue weighted by atomic mass is 9.92. The van der Waals surface area contributed by atoms with Gasteiger partial charge in [-0.05, 0) is 38.2 Å². The first-order chi connectivity index (χ1) is 8.79. The monoisotopic (exact) mass is 248 g/mol. The molecule has 0 radical (unpaired) electrons. The smallest absolute Gasteiger partial charge is 0.0551 e. The molecule has 3 atom stereocenters. The van der Waals surface area contributed by atoms with Crippen LogP contribution in [0.5, 0.6) is 0 Å². The summed E-state index contributed by atoms with van der Waals surface area (Å²) in [5.41, 5.74) is 4.38. The van der Waals surface area contributed by atoms with Gasteiger partial charge in [0.1, 0.15) is 0 Å². The van der Waals surface area contributed by atoms with Gasteiger partial charge < -0.3 is 4.74 Å². The minimum Gasteiger partial charge on any atom is -0.378 e. The number of hydrazine groups is 1. The minimum absolute atomic E-state index is 0.388. The highest BCUT2D eigenvalue weighted by molar-refractivity contribution is 5.14. The molecule has 1 heterocycles. The highest BCUT2D eigenvalue weighted by atomic mass is 16.5. The van der Waals surface area contributed by atoms with Gasteiger partial charge in [-0.15, -0.1) is 0 Å². The molecule has 0 amide bonds. The van der Waals surface area contributed by atoms with Crippen LogP contribution in [0.1, 0.15) is 31.7 Å². The fraction of sp³-hybridized carbons (Fsp3) is 0.600. The Morgan fingerprint density at radius 1 is 1.39 bits per heavy atom. The van der Waals surface area contributed by atoms with E-state index in [4.69, 9.17) is 10.6 Å². The molecule has 1 fully saturated rings. The molecule has 3 nitrogen and oxygen atoms in total. The molecule has 1 saturated heterocycles. The number of nitrogens with two attached hydrogens (primary N) is 1. The fourth-order valence-electron chi connectivity index (χ4n) is 2.76. The molecule has 3 heteroatoms. The van der Waals surface area contributed by atoms with Crippen LogP contribution in [0.2, 0.25) is 0 Å². The fourth-order valence-corrected chi connectivity index (χ4v) is 2.76. The van der Waals surface area contributed by atoms with Crippen LogP contribution in [0.25, 0.3) is 0 Å². The molecule has 0 bridgehead atoms. The molecular weight excluding hydrogens is 224 g/mol. The van der Waals surface area contributed by atoms with Crippen molar-refractivity contribution >= 4 is 0 Å². The molecule has 1 aromatic carbocycles. The summed E-state index contributed by atoms with van der Waals surface area (Å²) in [5, 5.41) is 0. The summed E-state index contributed by atoms with van der Waals surface area (Å²) < 4.78 is 5.62. The van der Waals surface area contributed by atoms with E-state index in [9.17, 15) is 0 Å². The van der Waals surface area contributed by atoms with Gasteiger partial charge in [-0.1, -0.05) is 30.3 Å². The molecule has 2 rings (SSSR count). The second kappa shape index (κ2) is 6.88. The van der Waals surface area contributed by atoms with Crippen LogP contribution in [0.15, 0.2) is 30.3 Å². The van der Waals surface area contributed by atoms with Crippen LogP contribution in [-0.2, 0) is 11.2 Å². The van der Waals surface area contributed by atoms with Crippen molar-refractivity contribution in [3.63, 3.8) is 0 Å². The van der Waals surface area contributed by atoms with Crippen LogP contribution in [0.3, 0.4) is 0 Å². The van der Waals surface area contributed by atoms with Gasteiger partial charge in [0.15, 0.2) is 0 Å². The number of hydrogen-bond donors (Lipinski definition) is 2. The Morgan fingerprint density at radius 2 is 2.17 bits per heavy atom. The average Bonchev–Trinajstić information content (AvgIpc) is 2.82. The summed E-state index contributed by atoms with van der Waals surface area (Å²) in [6.45, 7) is 2.99. The zero-order valence-corrected chi connectivity index (χ0v) is 11.1. The first-order valence-corrected chi connectivity index (χ1v) is 6.91. The molecule has 0 aromatic heterocycles. The van der Waals surface area contributed by atoms with Crippen molar-refractivity contribution in [2.75, 3.05) is 6.61 Å². The highest BCUT2D eigenvalue weighted by Gasteiger charge is 2.28. The molecule has 1 aliphatic rings. The molecule has 0 aliphatic carbocycles. The Labute approximate surface area is 110 Å². The Balaban J connectivity index is 1.74. The van der Waals surface area contributed by atoms with E-state index in [1.165, 1.54) is 12.0 Å². The summed E-state index contributed by atoms with van der Waals surface area (Å²) >= 11 is 0. The van der Waals surface area contributed by atoms with Crippen LogP contribution in [0.4, 0.5) is 0 Å². The number of benzene rings is 1. The Morgan fingerprint density at radius 3 is 2.78 bits per heavy atom. The third-order valence-corrected chi connectivity index (χ3v) is 3.84. The van der Waals surface area contributed by atoms with E-state index in [-0.39, 0.29) is 0 Å². The van der Waals surface area contributed by atoms with Crippen molar-refractivity contribution in [1.29, 1.82) is 0 Å². The van der Waals surface area contributed by atoms with Crippen LogP contribution in [0, 0.1) is 5.92 Å². The first kappa shape index (κ1) is 13.5. The topological polar surface area (TPSA) is 47.3 Å². The lowest BCUT2D eigenvalue weighted by Gasteiger charge is -2.21. The second-order valence-corrected chi connectivity index (χ2v) is 5.29. The quantitative estimate of drug-likeness (QED) is 0.599. The van der Waals surface area contributed by atoms with Crippen molar-refractivity contribution < 1.29 is 4.74 Å². The Bertz CT molecular complexity index is 342. The van der Waals surface area contributed by atoms with Gasteiger partial charge in [0.25, 0.3) is 0 Å². The number of nitrogens with one attached hydrogen (secondary N) is 1. The van der Waals surface area contributed by atoms with Gasteiger partial charge in [-0.25, -0.2) is 0 Å². The van der Waals surface area contributed by atoms with Crippen molar-refractivity contribution in [3.8, 4) is 0 Å². The molecule has 100 valence electrons. The Hall–Kier alpha value is -0.900. The molecular formula is C15H24N2O. The number of ether oxygens (including phenoxy) is 1. The van der Waals surface area contributed by atoms with Crippen molar-refractivity contribution in [2.24, 2.45) is 11.8 Å². The molecule has 3 N–H and O–H groups in total. The highest BCUT2D eigenvalue weighted by Crippen LogP contribution is 2.24. The third-order valence-electron chi connectivity index (χ3n) is 3.84. The minimum atomic E-state index is 0.388. The normalized spacial score (nSPS) is 25.2. The first-order valence-electron chi connectivity index (χ1n) is 6.91. The predicted octanol–water partition coefficient (Wildman–Crippen LogP) is 2.27. The van der Waals surface area contributed by atoms with Crippen molar-refractivity contribution in [3.05, 3.63) is 35.9 Å². The SMILES string of the molecule is CC1CC(C(CCCc2ccccc2)NN)CO1. The van der Waals surface area contributed by atoms with E-state index < -0.39 is 0 Å².